The van der Waals surface area contributed by atoms with E-state index in [0.717, 1.165) is 5.69 Å². The van der Waals surface area contributed by atoms with E-state index in [-0.39, 0.29) is 6.04 Å². The van der Waals surface area contributed by atoms with Crippen LogP contribution in [0.3, 0.4) is 0 Å². The lowest BCUT2D eigenvalue weighted by Gasteiger charge is -2.06. The maximum atomic E-state index is 5.71. The molecule has 3 N–H and O–H groups in total. The summed E-state index contributed by atoms with van der Waals surface area (Å²) in [6, 6.07) is 2.41. The fraction of sp³-hybridized carbons (Fsp3) is 0.556. The monoisotopic (exact) mass is 178 g/mol. The zero-order chi connectivity index (χ0) is 9.26. The molecule has 2 rings (SSSR count). The van der Waals surface area contributed by atoms with Gasteiger partial charge in [-0.25, -0.2) is 9.97 Å². The largest absolute Gasteiger partial charge is 0.351 e. The molecule has 1 atom stereocenters. The van der Waals surface area contributed by atoms with Crippen molar-refractivity contribution in [2.75, 3.05) is 5.32 Å². The van der Waals surface area contributed by atoms with Crippen LogP contribution in [0.1, 0.15) is 31.5 Å². The lowest BCUT2D eigenvalue weighted by molar-refractivity contribution is 0.774. The number of nitrogens with zero attached hydrogens (tertiary/aromatic N) is 2. The third kappa shape index (κ3) is 2.15. The molecule has 0 saturated heterocycles. The zero-order valence-corrected chi connectivity index (χ0v) is 7.70. The van der Waals surface area contributed by atoms with E-state index in [1.54, 1.807) is 6.20 Å². The second-order valence-corrected chi connectivity index (χ2v) is 3.51. The maximum absolute atomic E-state index is 5.71. The van der Waals surface area contributed by atoms with Crippen LogP contribution in [0.5, 0.6) is 0 Å². The average molecular weight is 178 g/mol. The Morgan fingerprint density at radius 1 is 1.62 bits per heavy atom. The Morgan fingerprint density at radius 2 is 2.38 bits per heavy atom. The summed E-state index contributed by atoms with van der Waals surface area (Å²) in [6.07, 6.45) is 4.20. The van der Waals surface area contributed by atoms with Crippen molar-refractivity contribution in [3.8, 4) is 0 Å². The number of nitrogens with two attached hydrogens (primary N) is 1. The van der Waals surface area contributed by atoms with E-state index in [9.17, 15) is 0 Å². The highest BCUT2D eigenvalue weighted by Crippen LogP contribution is 2.22. The van der Waals surface area contributed by atoms with E-state index in [2.05, 4.69) is 15.3 Å². The normalized spacial score (nSPS) is 18.3. The molecule has 1 aromatic rings. The van der Waals surface area contributed by atoms with Crippen LogP contribution in [0.15, 0.2) is 12.3 Å². The predicted molar refractivity (Wildman–Crippen MR) is 51.3 cm³/mol. The summed E-state index contributed by atoms with van der Waals surface area (Å²) in [5.74, 6) is 0.706. The molecule has 0 amide bonds. The number of aromatic nitrogens is 2. The van der Waals surface area contributed by atoms with Gasteiger partial charge >= 0.3 is 0 Å². The lowest BCUT2D eigenvalue weighted by Crippen LogP contribution is -2.11. The Morgan fingerprint density at radius 3 is 3.00 bits per heavy atom. The minimum atomic E-state index is -0.0252. The Bertz CT molecular complexity index is 293. The molecule has 1 unspecified atom stereocenters. The van der Waals surface area contributed by atoms with Gasteiger partial charge < -0.3 is 11.1 Å². The van der Waals surface area contributed by atoms with Crippen molar-refractivity contribution in [2.24, 2.45) is 5.73 Å². The summed E-state index contributed by atoms with van der Waals surface area (Å²) in [5.41, 5.74) is 6.60. The van der Waals surface area contributed by atoms with Gasteiger partial charge in [-0.05, 0) is 25.8 Å². The molecule has 70 valence electrons. The second kappa shape index (κ2) is 3.30. The van der Waals surface area contributed by atoms with Crippen LogP contribution >= 0.6 is 0 Å². The Kier molecular flexibility index (Phi) is 2.14. The molecule has 4 nitrogen and oxygen atoms in total. The first-order valence-electron chi connectivity index (χ1n) is 4.61. The van der Waals surface area contributed by atoms with E-state index >= 15 is 0 Å². The molecule has 1 heterocycles. The van der Waals surface area contributed by atoms with Crippen molar-refractivity contribution >= 4 is 5.95 Å². The van der Waals surface area contributed by atoms with E-state index in [4.69, 9.17) is 5.73 Å². The Hall–Kier alpha value is -1.16. The van der Waals surface area contributed by atoms with Crippen LogP contribution in [0.25, 0.3) is 0 Å². The molecule has 0 aromatic carbocycles. The van der Waals surface area contributed by atoms with Crippen LogP contribution < -0.4 is 11.1 Å². The molecule has 1 aliphatic carbocycles. The van der Waals surface area contributed by atoms with Gasteiger partial charge in [-0.15, -0.1) is 0 Å². The first-order chi connectivity index (χ1) is 6.25. The van der Waals surface area contributed by atoms with Crippen molar-refractivity contribution in [1.29, 1.82) is 0 Å². The highest BCUT2D eigenvalue weighted by atomic mass is 15.1. The number of hydrogen-bond acceptors (Lipinski definition) is 4. The third-order valence-corrected chi connectivity index (χ3v) is 2.05. The van der Waals surface area contributed by atoms with Crippen molar-refractivity contribution < 1.29 is 0 Å². The van der Waals surface area contributed by atoms with Crippen LogP contribution in [0.2, 0.25) is 0 Å². The van der Waals surface area contributed by atoms with Gasteiger partial charge in [0.15, 0.2) is 0 Å². The van der Waals surface area contributed by atoms with E-state index in [0.29, 0.717) is 12.0 Å². The Balaban J connectivity index is 2.11. The van der Waals surface area contributed by atoms with E-state index in [1.165, 1.54) is 12.8 Å². The highest BCUT2D eigenvalue weighted by Gasteiger charge is 2.21. The summed E-state index contributed by atoms with van der Waals surface area (Å²) in [6.45, 7) is 1.92. The topological polar surface area (TPSA) is 63.8 Å². The molecule has 4 heteroatoms. The van der Waals surface area contributed by atoms with Gasteiger partial charge in [0.2, 0.25) is 5.95 Å². The summed E-state index contributed by atoms with van der Waals surface area (Å²) >= 11 is 0. The first-order valence-corrected chi connectivity index (χ1v) is 4.61. The molecule has 1 saturated carbocycles. The first kappa shape index (κ1) is 8.44. The number of rotatable bonds is 3. The van der Waals surface area contributed by atoms with Crippen molar-refractivity contribution in [2.45, 2.75) is 31.8 Å². The molecule has 0 radical (unpaired) electrons. The number of hydrogen-bond donors (Lipinski definition) is 2. The van der Waals surface area contributed by atoms with Gasteiger partial charge in [-0.1, -0.05) is 0 Å². The molecule has 13 heavy (non-hydrogen) atoms. The number of anilines is 1. The van der Waals surface area contributed by atoms with Crippen LogP contribution in [0, 0.1) is 0 Å². The predicted octanol–water partition coefficient (Wildman–Crippen LogP) is 1.07. The molecule has 1 aromatic heterocycles. The zero-order valence-electron chi connectivity index (χ0n) is 7.70. The van der Waals surface area contributed by atoms with Crippen molar-refractivity contribution in [1.82, 2.24) is 9.97 Å². The van der Waals surface area contributed by atoms with Gasteiger partial charge in [-0.2, -0.15) is 0 Å². The minimum absolute atomic E-state index is 0.0252. The highest BCUT2D eigenvalue weighted by molar-refractivity contribution is 5.29. The van der Waals surface area contributed by atoms with E-state index < -0.39 is 0 Å². The smallest absolute Gasteiger partial charge is 0.223 e. The quantitative estimate of drug-likeness (QED) is 0.726. The van der Waals surface area contributed by atoms with Crippen LogP contribution in [-0.4, -0.2) is 16.0 Å². The van der Waals surface area contributed by atoms with Crippen molar-refractivity contribution in [3.63, 3.8) is 0 Å². The van der Waals surface area contributed by atoms with Gasteiger partial charge in [0.1, 0.15) is 0 Å². The maximum Gasteiger partial charge on any atom is 0.223 e. The molecule has 0 bridgehead atoms. The summed E-state index contributed by atoms with van der Waals surface area (Å²) in [4.78, 5) is 8.43. The molecule has 0 aliphatic heterocycles. The summed E-state index contributed by atoms with van der Waals surface area (Å²) < 4.78 is 0. The number of nitrogens with one attached hydrogen (secondary N) is 1. The third-order valence-electron chi connectivity index (χ3n) is 2.05. The molecule has 1 fully saturated rings. The fourth-order valence-electron chi connectivity index (χ4n) is 1.11. The molecular formula is C9H14N4. The van der Waals surface area contributed by atoms with E-state index in [1.807, 2.05) is 13.0 Å². The SMILES string of the molecule is CC(N)c1ccnc(NC2CC2)n1. The van der Waals surface area contributed by atoms with Crippen molar-refractivity contribution in [3.05, 3.63) is 18.0 Å². The standard InChI is InChI=1S/C9H14N4/c1-6(10)8-4-5-11-9(13-8)12-7-2-3-7/h4-7H,2-3,10H2,1H3,(H,11,12,13). The summed E-state index contributed by atoms with van der Waals surface area (Å²) in [5, 5.41) is 3.23. The molecule has 0 spiro atoms. The summed E-state index contributed by atoms with van der Waals surface area (Å²) in [7, 11) is 0. The van der Waals surface area contributed by atoms with Gasteiger partial charge in [0.05, 0.1) is 5.69 Å². The van der Waals surface area contributed by atoms with Crippen LogP contribution in [-0.2, 0) is 0 Å². The minimum Gasteiger partial charge on any atom is -0.351 e. The Labute approximate surface area is 77.6 Å². The van der Waals surface area contributed by atoms with Gasteiger partial charge in [0, 0.05) is 18.3 Å². The van der Waals surface area contributed by atoms with Gasteiger partial charge in [0.25, 0.3) is 0 Å². The molecule has 1 aliphatic rings. The molecular weight excluding hydrogens is 164 g/mol. The van der Waals surface area contributed by atoms with Crippen LogP contribution in [0.4, 0.5) is 5.95 Å². The van der Waals surface area contributed by atoms with Gasteiger partial charge in [-0.3, -0.25) is 0 Å². The lowest BCUT2D eigenvalue weighted by atomic mass is 10.2. The second-order valence-electron chi connectivity index (χ2n) is 3.51. The fourth-order valence-corrected chi connectivity index (χ4v) is 1.11. The average Bonchev–Trinajstić information content (AvgIpc) is 2.89.